The van der Waals surface area contributed by atoms with Gasteiger partial charge in [-0.2, -0.15) is 0 Å². The molecule has 28 heavy (non-hydrogen) atoms. The molecule has 0 bridgehead atoms. The van der Waals surface area contributed by atoms with E-state index in [0.717, 1.165) is 57.8 Å². The van der Waals surface area contributed by atoms with Crippen molar-refractivity contribution in [2.75, 3.05) is 0 Å². The van der Waals surface area contributed by atoms with Crippen LogP contribution in [0.2, 0.25) is 0 Å². The molecule has 0 heterocycles. The first-order chi connectivity index (χ1) is 13.4. The molecule has 2 N–H and O–H groups in total. The molecule has 0 aliphatic rings. The summed E-state index contributed by atoms with van der Waals surface area (Å²) in [4.78, 5) is 19.2. The number of hydrogen-bond donors (Lipinski definition) is 2. The normalized spacial score (nSPS) is 12.6. The fourth-order valence-corrected chi connectivity index (χ4v) is 4.87. The lowest BCUT2D eigenvalue weighted by atomic mass is 9.85. The zero-order chi connectivity index (χ0) is 21.1. The highest BCUT2D eigenvalue weighted by atomic mass is 31.2. The number of unbranched alkanes of at least 4 members (excludes halogenated alkanes) is 13. The zero-order valence-corrected chi connectivity index (χ0v) is 20.0. The Morgan fingerprint density at radius 2 is 0.857 bits per heavy atom. The van der Waals surface area contributed by atoms with Gasteiger partial charge in [0.2, 0.25) is 0 Å². The molecular weight excluding hydrogens is 371 g/mol. The smallest absolute Gasteiger partial charge is 0.303 e. The molecule has 0 fully saturated rings. The van der Waals surface area contributed by atoms with Gasteiger partial charge in [-0.05, 0) is 19.3 Å². The molecule has 0 aliphatic carbocycles. The Balaban J connectivity index is 4.78. The molecule has 0 saturated heterocycles. The van der Waals surface area contributed by atoms with Gasteiger partial charge < -0.3 is 9.79 Å². The van der Waals surface area contributed by atoms with Crippen LogP contribution in [-0.2, 0) is 9.09 Å². The van der Waals surface area contributed by atoms with Crippen LogP contribution in [0, 0.1) is 0 Å². The molecule has 0 aromatic rings. The van der Waals surface area contributed by atoms with Gasteiger partial charge in [-0.3, -0.25) is 4.52 Å². The molecule has 0 atom stereocenters. The molecule has 0 unspecified atom stereocenters. The van der Waals surface area contributed by atoms with Crippen molar-refractivity contribution in [3.8, 4) is 0 Å². The predicted molar refractivity (Wildman–Crippen MR) is 121 cm³/mol. The van der Waals surface area contributed by atoms with Gasteiger partial charge in [-0.25, -0.2) is 4.57 Å². The second-order valence-corrected chi connectivity index (χ2v) is 9.77. The summed E-state index contributed by atoms with van der Waals surface area (Å²) in [5, 5.41) is 0. The Kier molecular flexibility index (Phi) is 18.0. The summed E-state index contributed by atoms with van der Waals surface area (Å²) in [6.07, 6.45) is 21.1. The van der Waals surface area contributed by atoms with Crippen molar-refractivity contribution in [1.82, 2.24) is 0 Å². The lowest BCUT2D eigenvalue weighted by Gasteiger charge is -2.34. The van der Waals surface area contributed by atoms with Crippen LogP contribution in [-0.4, -0.2) is 15.4 Å². The average Bonchev–Trinajstić information content (AvgIpc) is 2.63. The van der Waals surface area contributed by atoms with E-state index in [1.54, 1.807) is 0 Å². The number of rotatable bonds is 21. The van der Waals surface area contributed by atoms with Gasteiger partial charge in [-0.1, -0.05) is 124 Å². The summed E-state index contributed by atoms with van der Waals surface area (Å²) in [6, 6.07) is 0. The minimum atomic E-state index is -4.48. The number of phosphoric ester groups is 1. The van der Waals surface area contributed by atoms with Gasteiger partial charge in [0, 0.05) is 0 Å². The van der Waals surface area contributed by atoms with Crippen LogP contribution in [0.5, 0.6) is 0 Å². The van der Waals surface area contributed by atoms with Crippen LogP contribution in [0.4, 0.5) is 0 Å². The third kappa shape index (κ3) is 17.0. The van der Waals surface area contributed by atoms with Crippen LogP contribution in [0.3, 0.4) is 0 Å². The van der Waals surface area contributed by atoms with E-state index in [0.29, 0.717) is 0 Å². The SMILES string of the molecule is CCCCCCCCC(CCCCCCC)(CCCCCCC)OP(=O)(O)O. The molecule has 0 spiro atoms. The quantitative estimate of drug-likeness (QED) is 0.145. The second kappa shape index (κ2) is 17.9. The number of phosphoric acid groups is 1. The second-order valence-electron chi connectivity index (χ2n) is 8.61. The van der Waals surface area contributed by atoms with E-state index in [1.165, 1.54) is 64.2 Å². The van der Waals surface area contributed by atoms with Crippen molar-refractivity contribution < 1.29 is 18.9 Å². The first kappa shape index (κ1) is 28.1. The van der Waals surface area contributed by atoms with E-state index in [-0.39, 0.29) is 0 Å². The van der Waals surface area contributed by atoms with E-state index in [4.69, 9.17) is 4.52 Å². The molecule has 4 nitrogen and oxygen atoms in total. The van der Waals surface area contributed by atoms with E-state index in [9.17, 15) is 14.4 Å². The van der Waals surface area contributed by atoms with Crippen LogP contribution in [0.1, 0.15) is 143 Å². The predicted octanol–water partition coefficient (Wildman–Crippen LogP) is 8.31. The Morgan fingerprint density at radius 1 is 0.571 bits per heavy atom. The van der Waals surface area contributed by atoms with E-state index >= 15 is 0 Å². The van der Waals surface area contributed by atoms with Gasteiger partial charge in [0.25, 0.3) is 0 Å². The maximum Gasteiger partial charge on any atom is 0.470 e. The Morgan fingerprint density at radius 3 is 1.14 bits per heavy atom. The summed E-state index contributed by atoms with van der Waals surface area (Å²) in [7, 11) is -4.48. The van der Waals surface area contributed by atoms with Crippen LogP contribution in [0.15, 0.2) is 0 Å². The van der Waals surface area contributed by atoms with Gasteiger partial charge in [0.15, 0.2) is 0 Å². The monoisotopic (exact) mass is 420 g/mol. The van der Waals surface area contributed by atoms with Gasteiger partial charge in [0.05, 0.1) is 5.60 Å². The standard InChI is InChI=1S/C23H49O4P/c1-4-7-10-13-16-19-22-23(27-28(24,25)26,20-17-14-11-8-5-2)21-18-15-12-9-6-3/h4-22H2,1-3H3,(H2,24,25,26). The third-order valence-electron chi connectivity index (χ3n) is 5.77. The molecule has 5 heteroatoms. The molecule has 0 radical (unpaired) electrons. The summed E-state index contributed by atoms with van der Waals surface area (Å²) in [6.45, 7) is 6.63. The van der Waals surface area contributed by atoms with E-state index < -0.39 is 13.4 Å². The summed E-state index contributed by atoms with van der Waals surface area (Å²) < 4.78 is 17.3. The molecule has 0 aromatic carbocycles. The van der Waals surface area contributed by atoms with Crippen LogP contribution >= 0.6 is 7.82 Å². The molecule has 0 aromatic heterocycles. The van der Waals surface area contributed by atoms with Crippen molar-refractivity contribution in [2.45, 2.75) is 148 Å². The third-order valence-corrected chi connectivity index (χ3v) is 6.40. The highest BCUT2D eigenvalue weighted by molar-refractivity contribution is 7.46. The Bertz CT molecular complexity index is 367. The minimum Gasteiger partial charge on any atom is -0.303 e. The first-order valence-electron chi connectivity index (χ1n) is 12.2. The van der Waals surface area contributed by atoms with Gasteiger partial charge >= 0.3 is 7.82 Å². The summed E-state index contributed by atoms with van der Waals surface area (Å²) in [5.74, 6) is 0. The highest BCUT2D eigenvalue weighted by Crippen LogP contribution is 2.47. The molecule has 0 amide bonds. The fraction of sp³-hybridized carbons (Fsp3) is 1.00. The summed E-state index contributed by atoms with van der Waals surface area (Å²) in [5.41, 5.74) is -0.637. The topological polar surface area (TPSA) is 66.8 Å². The van der Waals surface area contributed by atoms with Crippen molar-refractivity contribution in [2.24, 2.45) is 0 Å². The number of hydrogen-bond acceptors (Lipinski definition) is 2. The highest BCUT2D eigenvalue weighted by Gasteiger charge is 2.36. The van der Waals surface area contributed by atoms with Crippen molar-refractivity contribution in [3.63, 3.8) is 0 Å². The Labute approximate surface area is 175 Å². The zero-order valence-electron chi connectivity index (χ0n) is 19.1. The first-order valence-corrected chi connectivity index (χ1v) is 13.7. The lowest BCUT2D eigenvalue weighted by molar-refractivity contribution is 0.00535. The van der Waals surface area contributed by atoms with Crippen molar-refractivity contribution >= 4 is 7.82 Å². The van der Waals surface area contributed by atoms with Crippen LogP contribution in [0.25, 0.3) is 0 Å². The summed E-state index contributed by atoms with van der Waals surface area (Å²) >= 11 is 0. The molecule has 170 valence electrons. The lowest BCUT2D eigenvalue weighted by Crippen LogP contribution is -2.32. The maximum atomic E-state index is 11.8. The molecule has 0 rings (SSSR count). The maximum absolute atomic E-state index is 11.8. The van der Waals surface area contributed by atoms with Crippen molar-refractivity contribution in [1.29, 1.82) is 0 Å². The fourth-order valence-electron chi connectivity index (χ4n) is 4.09. The molecule has 0 saturated carbocycles. The molecule has 0 aliphatic heterocycles. The van der Waals surface area contributed by atoms with E-state index in [1.807, 2.05) is 0 Å². The largest absolute Gasteiger partial charge is 0.470 e. The van der Waals surface area contributed by atoms with Crippen LogP contribution < -0.4 is 0 Å². The van der Waals surface area contributed by atoms with E-state index in [2.05, 4.69) is 20.8 Å². The van der Waals surface area contributed by atoms with Gasteiger partial charge in [-0.15, -0.1) is 0 Å². The molecular formula is C23H49O4P. The minimum absolute atomic E-state index is 0.637. The average molecular weight is 421 g/mol. The van der Waals surface area contributed by atoms with Crippen molar-refractivity contribution in [3.05, 3.63) is 0 Å². The Hall–Kier alpha value is 0.110. The van der Waals surface area contributed by atoms with Gasteiger partial charge in [0.1, 0.15) is 0 Å².